The number of aryl methyl sites for hydroxylation is 1. The van der Waals surface area contributed by atoms with E-state index in [1.54, 1.807) is 0 Å². The predicted molar refractivity (Wildman–Crippen MR) is 76.5 cm³/mol. The maximum Gasteiger partial charge on any atom is 0.0469 e. The summed E-state index contributed by atoms with van der Waals surface area (Å²) in [5, 5.41) is 0. The standard InChI is InChI=1S/C16H19N3/c1-11-10-18-7-6-14(11)16(19-17)9-13-8-12-4-2-3-5-15(12)13/h2-7,10,13,16,19H,8-9,17H2,1H3. The van der Waals surface area contributed by atoms with Crippen LogP contribution in [0.25, 0.3) is 0 Å². The Morgan fingerprint density at radius 1 is 1.37 bits per heavy atom. The first-order valence-corrected chi connectivity index (χ1v) is 6.74. The molecule has 2 aromatic rings. The molecular formula is C16H19N3. The first-order valence-electron chi connectivity index (χ1n) is 6.74. The van der Waals surface area contributed by atoms with Crippen LogP contribution in [-0.4, -0.2) is 4.98 Å². The Kier molecular flexibility index (Phi) is 3.32. The summed E-state index contributed by atoms with van der Waals surface area (Å²) in [6, 6.07) is 10.9. The number of benzene rings is 1. The van der Waals surface area contributed by atoms with Crippen LogP contribution < -0.4 is 11.3 Å². The van der Waals surface area contributed by atoms with Gasteiger partial charge in [0, 0.05) is 18.4 Å². The summed E-state index contributed by atoms with van der Waals surface area (Å²) in [6.07, 6.45) is 5.94. The average Bonchev–Trinajstić information content (AvgIpc) is 2.42. The summed E-state index contributed by atoms with van der Waals surface area (Å²) in [4.78, 5) is 4.14. The van der Waals surface area contributed by atoms with Gasteiger partial charge in [0.25, 0.3) is 0 Å². The van der Waals surface area contributed by atoms with Gasteiger partial charge >= 0.3 is 0 Å². The molecule has 0 bridgehead atoms. The highest BCUT2D eigenvalue weighted by Gasteiger charge is 2.28. The minimum absolute atomic E-state index is 0.196. The Morgan fingerprint density at radius 3 is 2.95 bits per heavy atom. The van der Waals surface area contributed by atoms with Crippen LogP contribution in [0, 0.1) is 6.92 Å². The van der Waals surface area contributed by atoms with Crippen LogP contribution in [0.15, 0.2) is 42.7 Å². The van der Waals surface area contributed by atoms with E-state index < -0.39 is 0 Å². The smallest absolute Gasteiger partial charge is 0.0469 e. The number of aromatic nitrogens is 1. The summed E-state index contributed by atoms with van der Waals surface area (Å²) in [6.45, 7) is 2.08. The first kappa shape index (κ1) is 12.3. The fourth-order valence-electron chi connectivity index (χ4n) is 3.02. The molecule has 1 aromatic carbocycles. The normalized spacial score (nSPS) is 18.5. The molecule has 98 valence electrons. The van der Waals surface area contributed by atoms with Gasteiger partial charge in [0.05, 0.1) is 0 Å². The zero-order chi connectivity index (χ0) is 13.2. The third-order valence-electron chi connectivity index (χ3n) is 4.12. The monoisotopic (exact) mass is 253 g/mol. The highest BCUT2D eigenvalue weighted by Crippen LogP contribution is 2.40. The van der Waals surface area contributed by atoms with Crippen molar-refractivity contribution in [3.05, 3.63) is 65.0 Å². The molecule has 1 heterocycles. The molecule has 0 radical (unpaired) electrons. The van der Waals surface area contributed by atoms with E-state index >= 15 is 0 Å². The first-order chi connectivity index (χ1) is 9.29. The Labute approximate surface area is 113 Å². The average molecular weight is 253 g/mol. The Bertz CT molecular complexity index is 580. The molecule has 1 aromatic heterocycles. The van der Waals surface area contributed by atoms with Crippen LogP contribution in [-0.2, 0) is 6.42 Å². The third kappa shape index (κ3) is 2.27. The van der Waals surface area contributed by atoms with E-state index in [9.17, 15) is 0 Å². The zero-order valence-corrected chi connectivity index (χ0v) is 11.1. The summed E-state index contributed by atoms with van der Waals surface area (Å²) in [7, 11) is 0. The van der Waals surface area contributed by atoms with E-state index in [1.165, 1.54) is 28.7 Å². The van der Waals surface area contributed by atoms with Crippen molar-refractivity contribution in [2.75, 3.05) is 0 Å². The molecule has 3 nitrogen and oxygen atoms in total. The second-order valence-electron chi connectivity index (χ2n) is 5.29. The number of rotatable bonds is 4. The van der Waals surface area contributed by atoms with Gasteiger partial charge in [-0.2, -0.15) is 0 Å². The number of hydrogen-bond donors (Lipinski definition) is 2. The molecule has 1 aliphatic carbocycles. The largest absolute Gasteiger partial charge is 0.271 e. The molecule has 3 rings (SSSR count). The molecule has 3 N–H and O–H groups in total. The number of hydrazine groups is 1. The van der Waals surface area contributed by atoms with Crippen molar-refractivity contribution in [3.63, 3.8) is 0 Å². The maximum atomic E-state index is 5.75. The van der Waals surface area contributed by atoms with Gasteiger partial charge in [-0.15, -0.1) is 0 Å². The topological polar surface area (TPSA) is 50.9 Å². The molecule has 0 spiro atoms. The van der Waals surface area contributed by atoms with Crippen molar-refractivity contribution in [1.82, 2.24) is 10.4 Å². The van der Waals surface area contributed by atoms with Gasteiger partial charge in [0.1, 0.15) is 0 Å². The van der Waals surface area contributed by atoms with E-state index in [-0.39, 0.29) is 6.04 Å². The number of fused-ring (bicyclic) bond motifs is 1. The van der Waals surface area contributed by atoms with Crippen molar-refractivity contribution in [2.45, 2.75) is 31.7 Å². The molecule has 0 saturated heterocycles. The lowest BCUT2D eigenvalue weighted by Crippen LogP contribution is -2.32. The number of pyridine rings is 1. The van der Waals surface area contributed by atoms with Gasteiger partial charge in [0.15, 0.2) is 0 Å². The highest BCUT2D eigenvalue weighted by atomic mass is 15.2. The van der Waals surface area contributed by atoms with Crippen LogP contribution in [0.2, 0.25) is 0 Å². The molecule has 3 heteroatoms. The van der Waals surface area contributed by atoms with Crippen molar-refractivity contribution in [1.29, 1.82) is 0 Å². The van der Waals surface area contributed by atoms with Crippen molar-refractivity contribution < 1.29 is 0 Å². The summed E-state index contributed by atoms with van der Waals surface area (Å²) < 4.78 is 0. The van der Waals surface area contributed by atoms with E-state index in [4.69, 9.17) is 5.84 Å². The minimum Gasteiger partial charge on any atom is -0.271 e. The quantitative estimate of drug-likeness (QED) is 0.650. The number of hydrogen-bond acceptors (Lipinski definition) is 3. The predicted octanol–water partition coefficient (Wildman–Crippen LogP) is 2.62. The number of nitrogens with two attached hydrogens (primary N) is 1. The molecular weight excluding hydrogens is 234 g/mol. The molecule has 0 saturated carbocycles. The van der Waals surface area contributed by atoms with E-state index in [0.29, 0.717) is 5.92 Å². The second-order valence-corrected chi connectivity index (χ2v) is 5.29. The SMILES string of the molecule is Cc1cnccc1C(CC1Cc2ccccc21)NN. The Morgan fingerprint density at radius 2 is 2.21 bits per heavy atom. The van der Waals surface area contributed by atoms with Crippen LogP contribution in [0.5, 0.6) is 0 Å². The van der Waals surface area contributed by atoms with Crippen molar-refractivity contribution in [3.8, 4) is 0 Å². The van der Waals surface area contributed by atoms with Gasteiger partial charge < -0.3 is 0 Å². The highest BCUT2D eigenvalue weighted by molar-refractivity contribution is 5.40. The lowest BCUT2D eigenvalue weighted by Gasteiger charge is -2.33. The molecule has 2 atom stereocenters. The molecule has 0 amide bonds. The Balaban J connectivity index is 1.78. The van der Waals surface area contributed by atoms with Gasteiger partial charge in [0.2, 0.25) is 0 Å². The zero-order valence-electron chi connectivity index (χ0n) is 11.1. The third-order valence-corrected chi connectivity index (χ3v) is 4.12. The summed E-state index contributed by atoms with van der Waals surface area (Å²) in [5.74, 6) is 6.37. The van der Waals surface area contributed by atoms with Gasteiger partial charge in [-0.3, -0.25) is 16.3 Å². The maximum absolute atomic E-state index is 5.75. The van der Waals surface area contributed by atoms with E-state index in [1.807, 2.05) is 12.4 Å². The lowest BCUT2D eigenvalue weighted by atomic mass is 9.73. The lowest BCUT2D eigenvalue weighted by molar-refractivity contribution is 0.434. The Hall–Kier alpha value is -1.71. The second kappa shape index (κ2) is 5.11. The summed E-state index contributed by atoms with van der Waals surface area (Å²) in [5.41, 5.74) is 8.37. The summed E-state index contributed by atoms with van der Waals surface area (Å²) >= 11 is 0. The fourth-order valence-corrected chi connectivity index (χ4v) is 3.02. The fraction of sp³-hybridized carbons (Fsp3) is 0.312. The van der Waals surface area contributed by atoms with Crippen LogP contribution in [0.1, 0.15) is 40.6 Å². The van der Waals surface area contributed by atoms with Crippen LogP contribution >= 0.6 is 0 Å². The van der Waals surface area contributed by atoms with Gasteiger partial charge in [-0.25, -0.2) is 0 Å². The molecule has 0 aliphatic heterocycles. The molecule has 19 heavy (non-hydrogen) atoms. The van der Waals surface area contributed by atoms with E-state index in [0.717, 1.165) is 6.42 Å². The van der Waals surface area contributed by atoms with Crippen LogP contribution in [0.3, 0.4) is 0 Å². The van der Waals surface area contributed by atoms with Crippen LogP contribution in [0.4, 0.5) is 0 Å². The van der Waals surface area contributed by atoms with E-state index in [2.05, 4.69) is 47.7 Å². The molecule has 1 aliphatic rings. The van der Waals surface area contributed by atoms with Gasteiger partial charge in [-0.05, 0) is 54.0 Å². The van der Waals surface area contributed by atoms with Gasteiger partial charge in [-0.1, -0.05) is 24.3 Å². The van der Waals surface area contributed by atoms with Crippen molar-refractivity contribution >= 4 is 0 Å². The number of nitrogens with zero attached hydrogens (tertiary/aromatic N) is 1. The number of nitrogens with one attached hydrogen (secondary N) is 1. The minimum atomic E-state index is 0.196. The molecule has 0 fully saturated rings. The van der Waals surface area contributed by atoms with Crippen molar-refractivity contribution in [2.24, 2.45) is 5.84 Å². The molecule has 2 unspecified atom stereocenters.